The van der Waals surface area contributed by atoms with Crippen LogP contribution < -0.4 is 20.9 Å². The summed E-state index contributed by atoms with van der Waals surface area (Å²) in [5.74, 6) is -0.226. The smallest absolute Gasteiger partial charge is 0.229 e. The lowest BCUT2D eigenvalue weighted by Crippen LogP contribution is -2.44. The Balaban J connectivity index is 1.15. The van der Waals surface area contributed by atoms with Crippen molar-refractivity contribution in [3.8, 4) is 0 Å². The summed E-state index contributed by atoms with van der Waals surface area (Å²) in [5.41, 5.74) is 5.46. The largest absolute Gasteiger partial charge is 0.369 e. The topological polar surface area (TPSA) is 85.4 Å². The number of amides is 1. The van der Waals surface area contributed by atoms with Gasteiger partial charge in [0, 0.05) is 43.6 Å². The second-order valence-corrected chi connectivity index (χ2v) is 12.1. The minimum absolute atomic E-state index is 0.0267. The van der Waals surface area contributed by atoms with Crippen LogP contribution in [0.3, 0.4) is 0 Å². The van der Waals surface area contributed by atoms with Crippen LogP contribution in [0.2, 0.25) is 0 Å². The molecule has 2 aliphatic carbocycles. The Morgan fingerprint density at radius 3 is 2.50 bits per heavy atom. The number of halogens is 1. The van der Waals surface area contributed by atoms with Crippen LogP contribution in [0.25, 0.3) is 0 Å². The van der Waals surface area contributed by atoms with Gasteiger partial charge in [-0.2, -0.15) is 4.98 Å². The zero-order valence-corrected chi connectivity index (χ0v) is 24.8. The molecule has 9 heteroatoms. The minimum Gasteiger partial charge on any atom is -0.369 e. The van der Waals surface area contributed by atoms with E-state index in [0.29, 0.717) is 5.95 Å². The van der Waals surface area contributed by atoms with E-state index in [9.17, 15) is 4.79 Å². The Kier molecular flexibility index (Phi) is 7.86. The number of carbonyl (C=O) groups is 1. The Hall–Kier alpha value is -3.98. The van der Waals surface area contributed by atoms with Gasteiger partial charge < -0.3 is 25.8 Å². The molecule has 1 saturated heterocycles. The number of aryl methyl sites for hydroxylation is 2. The molecule has 0 radical (unpaired) electrons. The number of fused-ring (bicyclic) bond motifs is 2. The zero-order valence-electron chi connectivity index (χ0n) is 24.8. The maximum absolute atomic E-state index is 15.0. The van der Waals surface area contributed by atoms with Gasteiger partial charge >= 0.3 is 0 Å². The van der Waals surface area contributed by atoms with Gasteiger partial charge in [0.1, 0.15) is 0 Å². The SMILES string of the molecule is Cc1ccc(C(C)NC(=O)[C@H]2[C@@H](Nc3nc(Nc4ccc(N5CCN(C)CC5)c(C)c4)ncc3F)[C@@H]3C=C[C@H]2C3)cc1. The lowest BCUT2D eigenvalue weighted by molar-refractivity contribution is -0.126. The Morgan fingerprint density at radius 2 is 1.76 bits per heavy atom. The van der Waals surface area contributed by atoms with Crippen LogP contribution in [0, 0.1) is 37.4 Å². The number of likely N-dealkylation sites (N-methyl/N-ethyl adjacent to an activating group) is 1. The third-order valence-electron chi connectivity index (χ3n) is 9.04. The molecular formula is C33H40FN7O. The average Bonchev–Trinajstić information content (AvgIpc) is 3.58. The van der Waals surface area contributed by atoms with E-state index in [1.165, 1.54) is 17.4 Å². The van der Waals surface area contributed by atoms with Crippen LogP contribution in [0.4, 0.5) is 27.5 Å². The average molecular weight is 570 g/mol. The highest BCUT2D eigenvalue weighted by Crippen LogP contribution is 2.45. The Morgan fingerprint density at radius 1 is 1.02 bits per heavy atom. The molecule has 3 aliphatic rings. The molecule has 1 aliphatic heterocycles. The number of carbonyl (C=O) groups excluding carboxylic acids is 1. The first kappa shape index (κ1) is 28.2. The number of piperazine rings is 1. The summed E-state index contributed by atoms with van der Waals surface area (Å²) in [7, 11) is 2.15. The highest BCUT2D eigenvalue weighted by Gasteiger charge is 2.48. The van der Waals surface area contributed by atoms with E-state index in [-0.39, 0.29) is 41.6 Å². The first-order valence-electron chi connectivity index (χ1n) is 14.9. The molecule has 1 saturated carbocycles. The predicted octanol–water partition coefficient (Wildman–Crippen LogP) is 5.21. The van der Waals surface area contributed by atoms with E-state index in [2.05, 4.69) is 86.1 Å². The molecule has 1 unspecified atom stereocenters. The number of rotatable bonds is 8. The van der Waals surface area contributed by atoms with Crippen LogP contribution in [0.5, 0.6) is 0 Å². The highest BCUT2D eigenvalue weighted by molar-refractivity contribution is 5.82. The molecule has 2 fully saturated rings. The summed E-state index contributed by atoms with van der Waals surface area (Å²) < 4.78 is 15.0. The van der Waals surface area contributed by atoms with Crippen LogP contribution in [0.1, 0.15) is 36.1 Å². The molecular weight excluding hydrogens is 529 g/mol. The molecule has 3 N–H and O–H groups in total. The summed E-state index contributed by atoms with van der Waals surface area (Å²) >= 11 is 0. The number of hydrogen-bond donors (Lipinski definition) is 3. The molecule has 6 rings (SSSR count). The van der Waals surface area contributed by atoms with Gasteiger partial charge in [0.25, 0.3) is 0 Å². The molecule has 1 amide bonds. The van der Waals surface area contributed by atoms with E-state index in [0.717, 1.165) is 49.4 Å². The molecule has 42 heavy (non-hydrogen) atoms. The van der Waals surface area contributed by atoms with Crippen LogP contribution in [-0.2, 0) is 4.79 Å². The monoisotopic (exact) mass is 569 g/mol. The minimum atomic E-state index is -0.541. The highest BCUT2D eigenvalue weighted by atomic mass is 19.1. The quantitative estimate of drug-likeness (QED) is 0.321. The molecule has 0 spiro atoms. The van der Waals surface area contributed by atoms with Gasteiger partial charge in [-0.1, -0.05) is 42.0 Å². The number of anilines is 4. The lowest BCUT2D eigenvalue weighted by atomic mass is 9.87. The van der Waals surface area contributed by atoms with Gasteiger partial charge in [0.15, 0.2) is 11.6 Å². The van der Waals surface area contributed by atoms with E-state index in [1.54, 1.807) is 0 Å². The fraction of sp³-hybridized carbons (Fsp3) is 0.424. The Labute approximate surface area is 247 Å². The Bertz CT molecular complexity index is 1470. The number of aromatic nitrogens is 2. The van der Waals surface area contributed by atoms with Crippen LogP contribution >= 0.6 is 0 Å². The normalized spacial score (nSPS) is 24.1. The van der Waals surface area contributed by atoms with Gasteiger partial charge in [-0.15, -0.1) is 0 Å². The van der Waals surface area contributed by atoms with Crippen molar-refractivity contribution in [2.45, 2.75) is 39.3 Å². The van der Waals surface area contributed by atoms with Crippen molar-refractivity contribution in [2.24, 2.45) is 17.8 Å². The van der Waals surface area contributed by atoms with Crippen molar-refractivity contribution < 1.29 is 9.18 Å². The number of hydrogen-bond acceptors (Lipinski definition) is 7. The lowest BCUT2D eigenvalue weighted by Gasteiger charge is -2.35. The van der Waals surface area contributed by atoms with Crippen LogP contribution in [0.15, 0.2) is 60.8 Å². The van der Waals surface area contributed by atoms with E-state index in [1.807, 2.05) is 32.0 Å². The molecule has 3 aromatic rings. The second kappa shape index (κ2) is 11.7. The van der Waals surface area contributed by atoms with Gasteiger partial charge in [-0.3, -0.25) is 4.79 Å². The van der Waals surface area contributed by atoms with Gasteiger partial charge in [-0.05, 0) is 75.4 Å². The summed E-state index contributed by atoms with van der Waals surface area (Å²) in [6.07, 6.45) is 6.31. The molecule has 5 atom stereocenters. The maximum Gasteiger partial charge on any atom is 0.229 e. The summed E-state index contributed by atoms with van der Waals surface area (Å²) in [4.78, 5) is 27.0. The van der Waals surface area contributed by atoms with Gasteiger partial charge in [-0.25, -0.2) is 9.37 Å². The van der Waals surface area contributed by atoms with Crippen LogP contribution in [-0.4, -0.2) is 60.0 Å². The second-order valence-electron chi connectivity index (χ2n) is 12.1. The van der Waals surface area contributed by atoms with E-state index < -0.39 is 5.82 Å². The maximum atomic E-state index is 15.0. The van der Waals surface area contributed by atoms with Crippen molar-refractivity contribution in [1.82, 2.24) is 20.2 Å². The van der Waals surface area contributed by atoms with Crippen molar-refractivity contribution in [1.29, 1.82) is 0 Å². The molecule has 2 heterocycles. The van der Waals surface area contributed by atoms with Gasteiger partial charge in [0.2, 0.25) is 11.9 Å². The predicted molar refractivity (Wildman–Crippen MR) is 166 cm³/mol. The molecule has 8 nitrogen and oxygen atoms in total. The van der Waals surface area contributed by atoms with Crippen molar-refractivity contribution in [3.05, 3.63) is 83.3 Å². The first-order valence-corrected chi connectivity index (χ1v) is 14.9. The fourth-order valence-corrected chi connectivity index (χ4v) is 6.58. The number of allylic oxidation sites excluding steroid dienone is 1. The number of nitrogens with zero attached hydrogens (tertiary/aromatic N) is 4. The summed E-state index contributed by atoms with van der Waals surface area (Å²) in [6, 6.07) is 14.0. The van der Waals surface area contributed by atoms with Gasteiger partial charge in [0.05, 0.1) is 18.2 Å². The molecule has 220 valence electrons. The number of nitrogens with one attached hydrogen (secondary N) is 3. The first-order chi connectivity index (χ1) is 20.2. The third-order valence-corrected chi connectivity index (χ3v) is 9.04. The molecule has 2 bridgehead atoms. The van der Waals surface area contributed by atoms with E-state index >= 15 is 4.39 Å². The molecule has 2 aromatic carbocycles. The van der Waals surface area contributed by atoms with Crippen molar-refractivity contribution in [2.75, 3.05) is 48.8 Å². The van der Waals surface area contributed by atoms with Crippen molar-refractivity contribution >= 4 is 29.0 Å². The summed E-state index contributed by atoms with van der Waals surface area (Å²) in [5, 5.41) is 9.73. The fourth-order valence-electron chi connectivity index (χ4n) is 6.58. The zero-order chi connectivity index (χ0) is 29.4. The van der Waals surface area contributed by atoms with Crippen molar-refractivity contribution in [3.63, 3.8) is 0 Å². The van der Waals surface area contributed by atoms with E-state index in [4.69, 9.17) is 0 Å². The third kappa shape index (κ3) is 5.83. The standard InChI is InChI=1S/C33H40FN7O/c1-20-5-7-23(8-6-20)22(3)36-32(42)29-24-9-10-25(18-24)30(29)38-31-27(34)19-35-33(39-31)37-26-11-12-28(21(2)17-26)41-15-13-40(4)14-16-41/h5-12,17,19,22,24-25,29-30H,13-16,18H2,1-4H3,(H,36,42)(H2,35,37,38,39)/t22?,24-,25+,29+,30-/m0/s1. The number of benzene rings is 2. The summed E-state index contributed by atoms with van der Waals surface area (Å²) in [6.45, 7) is 10.2. The molecule has 1 aromatic heterocycles.